The van der Waals surface area contributed by atoms with E-state index in [2.05, 4.69) is 300 Å². The molecule has 0 spiro atoms. The van der Waals surface area contributed by atoms with Crippen molar-refractivity contribution in [1.29, 1.82) is 0 Å². The molecule has 0 heterocycles. The molecule has 82 heavy (non-hydrogen) atoms. The first-order chi connectivity index (χ1) is 38.9. The van der Waals surface area contributed by atoms with E-state index in [1.54, 1.807) is 0 Å². The Bertz CT molecular complexity index is 3250. The first-order valence-corrected chi connectivity index (χ1v) is 31.5. The maximum absolute atomic E-state index is 3.52. The van der Waals surface area contributed by atoms with Gasteiger partial charge in [-0.05, 0) is 27.7 Å². The van der Waals surface area contributed by atoms with Gasteiger partial charge in [0, 0.05) is 0 Å². The topological polar surface area (TPSA) is 0 Å². The summed E-state index contributed by atoms with van der Waals surface area (Å²) in [5, 5.41) is 10.9. The molecule has 0 amide bonds. The second-order valence-corrected chi connectivity index (χ2v) is 23.4. The molecule has 0 saturated heterocycles. The van der Waals surface area contributed by atoms with Gasteiger partial charge < -0.3 is 24.8 Å². The van der Waals surface area contributed by atoms with E-state index >= 15 is 0 Å². The summed E-state index contributed by atoms with van der Waals surface area (Å²) in [6.45, 7) is 21.9. The Labute approximate surface area is 534 Å². The Morgan fingerprint density at radius 2 is 0.598 bits per heavy atom. The van der Waals surface area contributed by atoms with E-state index in [4.69, 9.17) is 0 Å². The van der Waals surface area contributed by atoms with E-state index in [1.165, 1.54) is 190 Å². The second-order valence-electron chi connectivity index (χ2n) is 20.9. The van der Waals surface area contributed by atoms with Gasteiger partial charge in [-0.2, -0.15) is 23.3 Å². The van der Waals surface area contributed by atoms with Gasteiger partial charge in [-0.15, -0.1) is 79.5 Å². The third-order valence-corrected chi connectivity index (χ3v) is 17.8. The molecule has 0 bridgehead atoms. The first-order valence-electron chi connectivity index (χ1n) is 29.0. The van der Waals surface area contributed by atoms with Gasteiger partial charge in [-0.3, -0.25) is 12.2 Å². The molecule has 0 aliphatic heterocycles. The Morgan fingerprint density at radius 1 is 0.354 bits per heavy atom. The van der Waals surface area contributed by atoms with E-state index in [0.717, 1.165) is 12.8 Å². The average Bonchev–Trinajstić information content (AvgIpc) is 4.50. The molecule has 0 N–H and O–H groups in total. The zero-order chi connectivity index (χ0) is 57.0. The van der Waals surface area contributed by atoms with Crippen LogP contribution in [0.25, 0.3) is 43.1 Å². The van der Waals surface area contributed by atoms with Crippen molar-refractivity contribution in [2.24, 2.45) is 11.8 Å². The molecule has 10 aromatic carbocycles. The molecule has 0 radical (unpaired) electrons. The fraction of sp³-hybridized carbons (Fsp3) is 0.231. The van der Waals surface area contributed by atoms with Crippen molar-refractivity contribution in [1.82, 2.24) is 0 Å². The number of fused-ring (bicyclic) bond motifs is 6. The standard InChI is InChI=1S/2C15H13.2C13H10.2C11H17.2ClH.2Zr/c2*1-10-3-5-14-12(7-10)9-13-8-11(2)4-6-15(13)14;2*1-3-7-12(8-4-1)11-13-9-5-2-6-10-13;2*1-4-9-7-10(5-2)11(6-3)8-9;;;;/h2*3-9H,1-2H3;2*1-10H;2*7,9H,4-6H2,1-3H3;2*1H;;/q2*-1;;;2*-1;;;2*+2/p-2. The number of allylic oxidation sites excluding steroid dienone is 8. The fourth-order valence-electron chi connectivity index (χ4n) is 10.4. The van der Waals surface area contributed by atoms with Crippen LogP contribution in [0, 0.1) is 51.7 Å². The molecule has 0 saturated carbocycles. The predicted molar refractivity (Wildman–Crippen MR) is 344 cm³/mol. The van der Waals surface area contributed by atoms with Crippen molar-refractivity contribution in [2.75, 3.05) is 0 Å². The summed E-state index contributed by atoms with van der Waals surface area (Å²) >= 11 is 2.92. The fourth-order valence-corrected chi connectivity index (χ4v) is 12.1. The Balaban J connectivity index is 0.000000180. The Kier molecular flexibility index (Phi) is 28.2. The van der Waals surface area contributed by atoms with Crippen LogP contribution in [0.5, 0.6) is 0 Å². The van der Waals surface area contributed by atoms with Gasteiger partial charge in [0.25, 0.3) is 0 Å². The van der Waals surface area contributed by atoms with Crippen LogP contribution in [0.4, 0.5) is 0 Å². The second kappa shape index (κ2) is 34.4. The average molecular weight is 1270 g/mol. The summed E-state index contributed by atoms with van der Waals surface area (Å²) in [6.07, 6.45) is 18.8. The molecular weight excluding hydrogens is 1190 g/mol. The quantitative estimate of drug-likeness (QED) is 0.120. The van der Waals surface area contributed by atoms with Gasteiger partial charge in [0.05, 0.1) is 0 Å². The maximum atomic E-state index is 3.52. The summed E-state index contributed by atoms with van der Waals surface area (Å²) < 4.78 is 2.83. The van der Waals surface area contributed by atoms with Crippen molar-refractivity contribution in [3.63, 3.8) is 0 Å². The molecule has 416 valence electrons. The SMILES string of the molecule is CCC1=[C-]C(CC)C=C1CC.CCC1=[C-]C(CC)C=C1CC.Cc1ccc2c(c1)[cH-]c1cc(C)ccc12.Cc1ccc2c(c1)[cH-]c1cc(C)ccc12.[Cl-].[Cl-].[Zr+2]=[C](c1ccccc1)c1ccccc1.[Zr+2]=[C](c1ccccc1)c1ccccc1. The molecule has 2 atom stereocenters. The Hall–Kier alpha value is -5.45. The number of halogens is 2. The van der Waals surface area contributed by atoms with Crippen molar-refractivity contribution < 1.29 is 73.3 Å². The van der Waals surface area contributed by atoms with E-state index in [0.29, 0.717) is 11.8 Å². The number of rotatable bonds is 10. The third-order valence-electron chi connectivity index (χ3n) is 14.9. The monoisotopic (exact) mass is 1270 g/mol. The normalized spacial score (nSPS) is 13.8. The van der Waals surface area contributed by atoms with Gasteiger partial charge in [0.1, 0.15) is 0 Å². The molecule has 2 aliphatic rings. The van der Waals surface area contributed by atoms with Gasteiger partial charge in [-0.1, -0.05) is 163 Å². The molecular formula is C78H80Cl2Zr2-2. The van der Waals surface area contributed by atoms with Crippen LogP contribution in [0.3, 0.4) is 0 Å². The zero-order valence-electron chi connectivity index (χ0n) is 49.9. The van der Waals surface area contributed by atoms with Crippen molar-refractivity contribution in [2.45, 2.75) is 108 Å². The van der Waals surface area contributed by atoms with Gasteiger partial charge >= 0.3 is 198 Å². The van der Waals surface area contributed by atoms with Crippen LogP contribution in [0.2, 0.25) is 0 Å². The third kappa shape index (κ3) is 18.8. The minimum absolute atomic E-state index is 0. The number of hydrogen-bond acceptors (Lipinski definition) is 0. The Morgan fingerprint density at radius 3 is 0.793 bits per heavy atom. The molecule has 12 rings (SSSR count). The number of aryl methyl sites for hydroxylation is 4. The van der Waals surface area contributed by atoms with Crippen LogP contribution >= 0.6 is 0 Å². The van der Waals surface area contributed by atoms with E-state index < -0.39 is 0 Å². The molecule has 2 aliphatic carbocycles. The molecule has 0 nitrogen and oxygen atoms in total. The predicted octanol–water partition coefficient (Wildman–Crippen LogP) is 15.3. The van der Waals surface area contributed by atoms with Crippen molar-refractivity contribution >= 4 is 49.5 Å². The van der Waals surface area contributed by atoms with Gasteiger partial charge in [0.2, 0.25) is 0 Å². The minimum atomic E-state index is 0. The van der Waals surface area contributed by atoms with E-state index in [1.807, 2.05) is 0 Å². The number of hydrogen-bond donors (Lipinski definition) is 0. The molecule has 2 unspecified atom stereocenters. The summed E-state index contributed by atoms with van der Waals surface area (Å²) in [7, 11) is 0. The summed E-state index contributed by atoms with van der Waals surface area (Å²) in [4.78, 5) is 0. The van der Waals surface area contributed by atoms with E-state index in [-0.39, 0.29) is 24.8 Å². The van der Waals surface area contributed by atoms with Crippen LogP contribution in [0.1, 0.15) is 125 Å². The van der Waals surface area contributed by atoms with Crippen molar-refractivity contribution in [3.8, 4) is 0 Å². The summed E-state index contributed by atoms with van der Waals surface area (Å²) in [5.41, 5.74) is 16.6. The summed E-state index contributed by atoms with van der Waals surface area (Å²) in [6, 6.07) is 73.4. The van der Waals surface area contributed by atoms with Crippen LogP contribution in [-0.2, 0) is 48.5 Å². The molecule has 0 aromatic heterocycles. The van der Waals surface area contributed by atoms with E-state index in [9.17, 15) is 0 Å². The van der Waals surface area contributed by atoms with Crippen LogP contribution in [-0.4, -0.2) is 6.41 Å². The first kappa shape index (κ1) is 67.3. The molecule has 4 heteroatoms. The van der Waals surface area contributed by atoms with Crippen LogP contribution < -0.4 is 24.8 Å². The van der Waals surface area contributed by atoms with Crippen molar-refractivity contribution in [3.05, 3.63) is 297 Å². The molecule has 10 aromatic rings. The molecule has 0 fully saturated rings. The number of benzene rings is 8. The summed E-state index contributed by atoms with van der Waals surface area (Å²) in [5.74, 6) is 1.22. The van der Waals surface area contributed by atoms with Gasteiger partial charge in [0.15, 0.2) is 0 Å². The van der Waals surface area contributed by atoms with Crippen LogP contribution in [0.15, 0.2) is 241 Å². The zero-order valence-corrected chi connectivity index (χ0v) is 56.4. The van der Waals surface area contributed by atoms with Gasteiger partial charge in [-0.25, -0.2) is 11.1 Å².